The number of Topliss-reactive ketones (excluding diaryl/α,β-unsaturated/α-hetero) is 3. The van der Waals surface area contributed by atoms with Crippen LogP contribution < -0.4 is 8.61 Å². The van der Waals surface area contributed by atoms with E-state index in [-0.39, 0.29) is 21.2 Å². The van der Waals surface area contributed by atoms with Crippen molar-refractivity contribution in [2.75, 3.05) is 8.61 Å². The van der Waals surface area contributed by atoms with Crippen LogP contribution in [0, 0.1) is 13.8 Å². The average molecular weight is 730 g/mol. The minimum atomic E-state index is -4.34. The molecule has 0 aliphatic rings. The van der Waals surface area contributed by atoms with Crippen molar-refractivity contribution in [3.05, 3.63) is 120 Å². The molecule has 0 aliphatic carbocycles. The summed E-state index contributed by atoms with van der Waals surface area (Å²) in [7, 11) is -8.68. The first kappa shape index (κ1) is 36.8. The molecule has 13 heteroatoms. The lowest BCUT2D eigenvalue weighted by molar-refractivity contribution is -0.129. The highest BCUT2D eigenvalue weighted by Crippen LogP contribution is 2.30. The van der Waals surface area contributed by atoms with Crippen molar-refractivity contribution >= 4 is 72.0 Å². The zero-order valence-corrected chi connectivity index (χ0v) is 29.7. The Morgan fingerprint density at radius 3 is 1.08 bits per heavy atom. The van der Waals surface area contributed by atoms with E-state index in [1.54, 1.807) is 74.5 Å². The van der Waals surface area contributed by atoms with Crippen LogP contribution in [0.15, 0.2) is 119 Å². The zero-order chi connectivity index (χ0) is 35.4. The molecular formula is C35H34Cl2N2O7S2. The van der Waals surface area contributed by atoms with Gasteiger partial charge in [0.25, 0.3) is 20.0 Å². The van der Waals surface area contributed by atoms with E-state index in [2.05, 4.69) is 0 Å². The molecule has 4 aromatic rings. The second-order valence-electron chi connectivity index (χ2n) is 11.2. The summed E-state index contributed by atoms with van der Waals surface area (Å²) in [4.78, 5) is 40.8. The molecule has 0 aliphatic heterocycles. The normalized spacial score (nSPS) is 14.3. The standard InChI is InChI=1S/C35H34Cl2N2O7S2/c1-23-15-19-29(20-16-23)47(43,44)38(27-11-7-5-8-12-27)25(3)33(40)31(36)35(42)32(37)34(41)26(4)39(28-13-9-6-10-14-28)48(45,46)30-21-17-24(2)18-22-30/h5-22,25-26,31-32H,1-4H3/t25-,26-,31?,32?/m0/s1. The van der Waals surface area contributed by atoms with E-state index in [1.807, 2.05) is 0 Å². The van der Waals surface area contributed by atoms with E-state index in [9.17, 15) is 31.2 Å². The van der Waals surface area contributed by atoms with Gasteiger partial charge in [0, 0.05) is 0 Å². The lowest BCUT2D eigenvalue weighted by Gasteiger charge is -2.32. The summed E-state index contributed by atoms with van der Waals surface area (Å²) in [6.45, 7) is 6.15. The van der Waals surface area contributed by atoms with Crippen LogP contribution >= 0.6 is 23.2 Å². The number of para-hydroxylation sites is 2. The van der Waals surface area contributed by atoms with Gasteiger partial charge >= 0.3 is 0 Å². The summed E-state index contributed by atoms with van der Waals surface area (Å²) < 4.78 is 57.2. The minimum absolute atomic E-state index is 0.0935. The Labute approximate surface area is 291 Å². The van der Waals surface area contributed by atoms with Crippen molar-refractivity contribution in [1.29, 1.82) is 0 Å². The lowest BCUT2D eigenvalue weighted by atomic mass is 10.0. The highest BCUT2D eigenvalue weighted by Gasteiger charge is 2.44. The second kappa shape index (κ2) is 15.0. The van der Waals surface area contributed by atoms with Crippen molar-refractivity contribution < 1.29 is 31.2 Å². The van der Waals surface area contributed by atoms with Crippen molar-refractivity contribution in [1.82, 2.24) is 0 Å². The third-order valence-electron chi connectivity index (χ3n) is 7.70. The summed E-state index contributed by atoms with van der Waals surface area (Å²) in [5, 5.41) is -4.09. The van der Waals surface area contributed by atoms with Crippen LogP contribution in [0.1, 0.15) is 25.0 Å². The molecule has 0 amide bonds. The maximum atomic E-state index is 13.9. The molecule has 252 valence electrons. The molecule has 0 bridgehead atoms. The number of ketones is 3. The summed E-state index contributed by atoms with van der Waals surface area (Å²) in [6.07, 6.45) is 0. The van der Waals surface area contributed by atoms with Crippen LogP contribution in [0.25, 0.3) is 0 Å². The molecule has 9 nitrogen and oxygen atoms in total. The number of anilines is 2. The Balaban J connectivity index is 1.64. The monoisotopic (exact) mass is 728 g/mol. The van der Waals surface area contributed by atoms with Crippen molar-refractivity contribution in [2.24, 2.45) is 0 Å². The quantitative estimate of drug-likeness (QED) is 0.114. The Hall–Kier alpha value is -4.03. The number of hydrogen-bond donors (Lipinski definition) is 0. The van der Waals surface area contributed by atoms with E-state index < -0.39 is 60.2 Å². The zero-order valence-electron chi connectivity index (χ0n) is 26.5. The first-order chi connectivity index (χ1) is 22.6. The fourth-order valence-corrected chi connectivity index (χ4v) is 8.94. The molecule has 0 saturated carbocycles. The molecule has 4 rings (SSSR count). The molecule has 4 aromatic carbocycles. The second-order valence-corrected chi connectivity index (χ2v) is 15.7. The topological polar surface area (TPSA) is 126 Å². The van der Waals surface area contributed by atoms with E-state index in [0.717, 1.165) is 19.7 Å². The number of carbonyl (C=O) groups is 3. The van der Waals surface area contributed by atoms with Gasteiger partial charge in [-0.3, -0.25) is 23.0 Å². The maximum Gasteiger partial charge on any atom is 0.264 e. The average Bonchev–Trinajstić information content (AvgIpc) is 3.07. The summed E-state index contributed by atoms with van der Waals surface area (Å²) >= 11 is 12.8. The van der Waals surface area contributed by atoms with Crippen molar-refractivity contribution in [3.8, 4) is 0 Å². The number of benzene rings is 4. The minimum Gasteiger partial charge on any atom is -0.295 e. The molecule has 0 radical (unpaired) electrons. The summed E-state index contributed by atoms with van der Waals surface area (Å²) in [5.41, 5.74) is 1.92. The van der Waals surface area contributed by atoms with Crippen LogP contribution in [0.5, 0.6) is 0 Å². The van der Waals surface area contributed by atoms with Gasteiger partial charge in [-0.15, -0.1) is 23.2 Å². The van der Waals surface area contributed by atoms with Gasteiger partial charge in [0.1, 0.15) is 12.1 Å². The van der Waals surface area contributed by atoms with Gasteiger partial charge in [0.15, 0.2) is 28.1 Å². The molecular weight excluding hydrogens is 695 g/mol. The molecule has 48 heavy (non-hydrogen) atoms. The van der Waals surface area contributed by atoms with Gasteiger partial charge in [-0.2, -0.15) is 0 Å². The van der Waals surface area contributed by atoms with E-state index in [0.29, 0.717) is 0 Å². The Kier molecular flexibility index (Phi) is 11.5. The Bertz CT molecular complexity index is 1850. The van der Waals surface area contributed by atoms with Crippen LogP contribution in [-0.2, 0) is 34.4 Å². The number of halogens is 2. The van der Waals surface area contributed by atoms with Gasteiger partial charge in [0.2, 0.25) is 0 Å². The fourth-order valence-electron chi connectivity index (χ4n) is 5.00. The van der Waals surface area contributed by atoms with Gasteiger partial charge in [-0.25, -0.2) is 16.8 Å². The van der Waals surface area contributed by atoms with Crippen LogP contribution in [0.2, 0.25) is 0 Å². The van der Waals surface area contributed by atoms with Gasteiger partial charge in [-0.1, -0.05) is 71.8 Å². The van der Waals surface area contributed by atoms with E-state index in [1.165, 1.54) is 62.4 Å². The SMILES string of the molecule is Cc1ccc(S(=O)(=O)N(c2ccccc2)[C@@H](C)C(=O)C(Cl)C(=O)C(Cl)C(=O)[C@H](C)N(c2ccccc2)S(=O)(=O)c2ccc(C)cc2)cc1. The molecule has 0 N–H and O–H groups in total. The summed E-state index contributed by atoms with van der Waals surface area (Å²) in [6, 6.07) is 24.7. The first-order valence-electron chi connectivity index (χ1n) is 14.8. The predicted molar refractivity (Wildman–Crippen MR) is 188 cm³/mol. The number of rotatable bonds is 14. The van der Waals surface area contributed by atoms with Gasteiger partial charge < -0.3 is 0 Å². The highest BCUT2D eigenvalue weighted by molar-refractivity contribution is 7.93. The summed E-state index contributed by atoms with van der Waals surface area (Å²) in [5.74, 6) is -3.27. The van der Waals surface area contributed by atoms with Crippen LogP contribution in [-0.4, -0.2) is 57.0 Å². The maximum absolute atomic E-state index is 13.9. The number of sulfonamides is 2. The lowest BCUT2D eigenvalue weighted by Crippen LogP contribution is -2.52. The predicted octanol–water partition coefficient (Wildman–Crippen LogP) is 6.09. The van der Waals surface area contributed by atoms with E-state index >= 15 is 0 Å². The Morgan fingerprint density at radius 2 is 0.792 bits per heavy atom. The van der Waals surface area contributed by atoms with Gasteiger partial charge in [-0.05, 0) is 76.2 Å². The third kappa shape index (κ3) is 7.65. The molecule has 0 heterocycles. The number of nitrogens with zero attached hydrogens (tertiary/aromatic N) is 2. The highest BCUT2D eigenvalue weighted by atomic mass is 35.5. The number of hydrogen-bond acceptors (Lipinski definition) is 7. The fraction of sp³-hybridized carbons (Fsp3) is 0.229. The van der Waals surface area contributed by atoms with Crippen LogP contribution in [0.3, 0.4) is 0 Å². The number of alkyl halides is 2. The smallest absolute Gasteiger partial charge is 0.264 e. The van der Waals surface area contributed by atoms with Crippen LogP contribution in [0.4, 0.5) is 11.4 Å². The Morgan fingerprint density at radius 1 is 0.500 bits per heavy atom. The molecule has 0 spiro atoms. The van der Waals surface area contributed by atoms with Gasteiger partial charge in [0.05, 0.1) is 21.2 Å². The molecule has 0 saturated heterocycles. The molecule has 2 unspecified atom stereocenters. The largest absolute Gasteiger partial charge is 0.295 e. The molecule has 0 fully saturated rings. The third-order valence-corrected chi connectivity index (χ3v) is 12.4. The number of carbonyl (C=O) groups excluding carboxylic acids is 3. The number of aryl methyl sites for hydroxylation is 2. The first-order valence-corrected chi connectivity index (χ1v) is 18.6. The molecule has 4 atom stereocenters. The van der Waals surface area contributed by atoms with E-state index in [4.69, 9.17) is 23.2 Å². The molecule has 0 aromatic heterocycles. The van der Waals surface area contributed by atoms with Crippen molar-refractivity contribution in [3.63, 3.8) is 0 Å². The van der Waals surface area contributed by atoms with Crippen molar-refractivity contribution in [2.45, 2.75) is 60.3 Å².